The predicted octanol–water partition coefficient (Wildman–Crippen LogP) is 3.27. The van der Waals surface area contributed by atoms with Crippen LogP contribution in [0.15, 0.2) is 18.2 Å². The number of halogens is 1. The van der Waals surface area contributed by atoms with Crippen molar-refractivity contribution >= 4 is 29.0 Å². The molecule has 0 atom stereocenters. The van der Waals surface area contributed by atoms with Gasteiger partial charge in [0.1, 0.15) is 5.82 Å². The molecule has 0 unspecified atom stereocenters. The molecule has 0 bridgehead atoms. The normalized spacial score (nSPS) is 10.3. The maximum Gasteiger partial charge on any atom is 0.234 e. The fourth-order valence-electron chi connectivity index (χ4n) is 1.45. The Morgan fingerprint density at radius 1 is 1.44 bits per heavy atom. The number of anilines is 2. The molecule has 0 aliphatic carbocycles. The molecule has 3 nitrogen and oxygen atoms in total. The van der Waals surface area contributed by atoms with Gasteiger partial charge in [-0.1, -0.05) is 19.8 Å². The Morgan fingerprint density at radius 2 is 2.22 bits per heavy atom. The van der Waals surface area contributed by atoms with Crippen molar-refractivity contribution in [1.82, 2.24) is 0 Å². The third-order valence-electron chi connectivity index (χ3n) is 2.41. The highest BCUT2D eigenvalue weighted by molar-refractivity contribution is 7.99. The van der Waals surface area contributed by atoms with Crippen molar-refractivity contribution < 1.29 is 9.18 Å². The summed E-state index contributed by atoms with van der Waals surface area (Å²) in [5, 5.41) is 2.68. The number of hydrogen-bond donors (Lipinski definition) is 2. The van der Waals surface area contributed by atoms with Crippen LogP contribution < -0.4 is 11.1 Å². The Kier molecular flexibility index (Phi) is 6.57. The number of nitrogen functional groups attached to an aromatic ring is 1. The molecule has 0 saturated heterocycles. The standard InChI is InChI=1S/C13H19FN2OS/c1-2-3-4-7-18-9-13(17)16-12-6-5-10(14)8-11(12)15/h5-6,8H,2-4,7,9,15H2,1H3,(H,16,17). The van der Waals surface area contributed by atoms with Crippen molar-refractivity contribution in [2.24, 2.45) is 0 Å². The summed E-state index contributed by atoms with van der Waals surface area (Å²) in [6.45, 7) is 2.15. The first-order valence-electron chi connectivity index (χ1n) is 6.06. The molecule has 0 saturated carbocycles. The van der Waals surface area contributed by atoms with E-state index in [2.05, 4.69) is 12.2 Å². The summed E-state index contributed by atoms with van der Waals surface area (Å²) < 4.78 is 12.8. The van der Waals surface area contributed by atoms with E-state index in [-0.39, 0.29) is 11.6 Å². The number of amides is 1. The molecule has 1 rings (SSSR count). The smallest absolute Gasteiger partial charge is 0.234 e. The van der Waals surface area contributed by atoms with Crippen LogP contribution in [0.1, 0.15) is 26.2 Å². The monoisotopic (exact) mass is 270 g/mol. The molecule has 3 N–H and O–H groups in total. The van der Waals surface area contributed by atoms with E-state index in [1.54, 1.807) is 11.8 Å². The minimum absolute atomic E-state index is 0.102. The van der Waals surface area contributed by atoms with E-state index in [4.69, 9.17) is 5.73 Å². The summed E-state index contributed by atoms with van der Waals surface area (Å²) in [5.41, 5.74) is 6.32. The number of unbranched alkanes of at least 4 members (excludes halogenated alkanes) is 2. The van der Waals surface area contributed by atoms with Crippen molar-refractivity contribution in [2.75, 3.05) is 22.6 Å². The van der Waals surface area contributed by atoms with Gasteiger partial charge in [-0.3, -0.25) is 4.79 Å². The van der Waals surface area contributed by atoms with Crippen molar-refractivity contribution in [3.8, 4) is 0 Å². The molecule has 100 valence electrons. The molecule has 0 spiro atoms. The van der Waals surface area contributed by atoms with Gasteiger partial charge in [-0.2, -0.15) is 11.8 Å². The molecule has 0 radical (unpaired) electrons. The van der Waals surface area contributed by atoms with E-state index in [9.17, 15) is 9.18 Å². The minimum atomic E-state index is -0.403. The Bertz CT molecular complexity index is 399. The first kappa shape index (κ1) is 14.8. The zero-order valence-corrected chi connectivity index (χ0v) is 11.4. The summed E-state index contributed by atoms with van der Waals surface area (Å²) in [7, 11) is 0. The maximum atomic E-state index is 12.8. The van der Waals surface area contributed by atoms with E-state index in [1.807, 2.05) is 0 Å². The lowest BCUT2D eigenvalue weighted by atomic mass is 10.2. The Labute approximate surface area is 111 Å². The van der Waals surface area contributed by atoms with Gasteiger partial charge in [0.05, 0.1) is 17.1 Å². The second-order valence-electron chi connectivity index (χ2n) is 4.04. The molecule has 0 heterocycles. The lowest BCUT2D eigenvalue weighted by Crippen LogP contribution is -2.15. The van der Waals surface area contributed by atoms with Gasteiger partial charge in [-0.25, -0.2) is 4.39 Å². The molecule has 5 heteroatoms. The van der Waals surface area contributed by atoms with Gasteiger partial charge >= 0.3 is 0 Å². The van der Waals surface area contributed by atoms with Crippen molar-refractivity contribution in [2.45, 2.75) is 26.2 Å². The van der Waals surface area contributed by atoms with Crippen LogP contribution in [0, 0.1) is 5.82 Å². The second-order valence-corrected chi connectivity index (χ2v) is 5.14. The molecule has 0 fully saturated rings. The first-order chi connectivity index (χ1) is 8.63. The molecular weight excluding hydrogens is 251 g/mol. The number of hydrogen-bond acceptors (Lipinski definition) is 3. The fourth-order valence-corrected chi connectivity index (χ4v) is 2.26. The molecule has 1 aromatic carbocycles. The SMILES string of the molecule is CCCCCSCC(=O)Nc1ccc(F)cc1N. The van der Waals surface area contributed by atoms with E-state index >= 15 is 0 Å². The Morgan fingerprint density at radius 3 is 2.89 bits per heavy atom. The molecule has 0 aliphatic rings. The highest BCUT2D eigenvalue weighted by Crippen LogP contribution is 2.19. The van der Waals surface area contributed by atoms with Crippen LogP contribution in [0.3, 0.4) is 0 Å². The van der Waals surface area contributed by atoms with Crippen molar-refractivity contribution in [3.63, 3.8) is 0 Å². The summed E-state index contributed by atoms with van der Waals surface area (Å²) in [5.74, 6) is 0.884. The summed E-state index contributed by atoms with van der Waals surface area (Å²) in [6.07, 6.45) is 3.51. The summed E-state index contributed by atoms with van der Waals surface area (Å²) >= 11 is 1.60. The van der Waals surface area contributed by atoms with Gasteiger partial charge in [0.25, 0.3) is 0 Å². The topological polar surface area (TPSA) is 55.1 Å². The lowest BCUT2D eigenvalue weighted by molar-refractivity contribution is -0.113. The van der Waals surface area contributed by atoms with E-state index in [0.29, 0.717) is 11.4 Å². The quantitative estimate of drug-likeness (QED) is 0.590. The predicted molar refractivity (Wildman–Crippen MR) is 76.3 cm³/mol. The van der Waals surface area contributed by atoms with Crippen LogP contribution in [0.25, 0.3) is 0 Å². The molecule has 18 heavy (non-hydrogen) atoms. The van der Waals surface area contributed by atoms with Crippen molar-refractivity contribution in [1.29, 1.82) is 0 Å². The van der Waals surface area contributed by atoms with Crippen molar-refractivity contribution in [3.05, 3.63) is 24.0 Å². The number of rotatable bonds is 7. The van der Waals surface area contributed by atoms with Gasteiger partial charge in [0, 0.05) is 0 Å². The van der Waals surface area contributed by atoms with Crippen LogP contribution in [-0.4, -0.2) is 17.4 Å². The average Bonchev–Trinajstić information content (AvgIpc) is 2.32. The molecule has 1 amide bonds. The molecule has 0 aromatic heterocycles. The number of thioether (sulfide) groups is 1. The number of carbonyl (C=O) groups excluding carboxylic acids is 1. The highest BCUT2D eigenvalue weighted by Gasteiger charge is 2.06. The number of benzene rings is 1. The lowest BCUT2D eigenvalue weighted by Gasteiger charge is -2.07. The largest absolute Gasteiger partial charge is 0.397 e. The third kappa shape index (κ3) is 5.40. The maximum absolute atomic E-state index is 12.8. The van der Waals surface area contributed by atoms with Gasteiger partial charge in [-0.15, -0.1) is 0 Å². The molecule has 0 aliphatic heterocycles. The fraction of sp³-hybridized carbons (Fsp3) is 0.462. The second kappa shape index (κ2) is 7.97. The minimum Gasteiger partial charge on any atom is -0.397 e. The Hall–Kier alpha value is -1.23. The zero-order valence-electron chi connectivity index (χ0n) is 10.5. The highest BCUT2D eigenvalue weighted by atomic mass is 32.2. The molecule has 1 aromatic rings. The van der Waals surface area contributed by atoms with Crippen LogP contribution in [0.5, 0.6) is 0 Å². The van der Waals surface area contributed by atoms with E-state index in [1.165, 1.54) is 31.0 Å². The number of nitrogens with one attached hydrogen (secondary N) is 1. The average molecular weight is 270 g/mol. The van der Waals surface area contributed by atoms with Gasteiger partial charge in [0.15, 0.2) is 0 Å². The zero-order chi connectivity index (χ0) is 13.4. The van der Waals surface area contributed by atoms with Crippen LogP contribution in [-0.2, 0) is 4.79 Å². The first-order valence-corrected chi connectivity index (χ1v) is 7.21. The van der Waals surface area contributed by atoms with E-state index < -0.39 is 5.82 Å². The van der Waals surface area contributed by atoms with Crippen LogP contribution in [0.2, 0.25) is 0 Å². The Balaban J connectivity index is 2.31. The summed E-state index contributed by atoms with van der Waals surface area (Å²) in [4.78, 5) is 11.6. The van der Waals surface area contributed by atoms with Gasteiger partial charge in [-0.05, 0) is 30.4 Å². The van der Waals surface area contributed by atoms with Gasteiger partial charge in [0.2, 0.25) is 5.91 Å². The number of carbonyl (C=O) groups is 1. The molecular formula is C13H19FN2OS. The van der Waals surface area contributed by atoms with Crippen LogP contribution >= 0.6 is 11.8 Å². The third-order valence-corrected chi connectivity index (χ3v) is 3.46. The van der Waals surface area contributed by atoms with Gasteiger partial charge < -0.3 is 11.1 Å². The summed E-state index contributed by atoms with van der Waals surface area (Å²) in [6, 6.07) is 3.95. The number of nitrogens with two attached hydrogens (primary N) is 1. The van der Waals surface area contributed by atoms with Crippen LogP contribution in [0.4, 0.5) is 15.8 Å². The van der Waals surface area contributed by atoms with E-state index in [0.717, 1.165) is 12.2 Å².